The summed E-state index contributed by atoms with van der Waals surface area (Å²) in [4.78, 5) is 15.4. The van der Waals surface area contributed by atoms with Crippen LogP contribution in [0.5, 0.6) is 0 Å². The van der Waals surface area contributed by atoms with Crippen LogP contribution in [0.4, 0.5) is 0 Å². The Bertz CT molecular complexity index is 903. The van der Waals surface area contributed by atoms with Gasteiger partial charge >= 0.3 is 0 Å². The van der Waals surface area contributed by atoms with Crippen molar-refractivity contribution in [3.05, 3.63) is 65.7 Å². The van der Waals surface area contributed by atoms with E-state index in [-0.39, 0.29) is 11.8 Å². The summed E-state index contributed by atoms with van der Waals surface area (Å²) in [5.41, 5.74) is 2.15. The highest BCUT2D eigenvalue weighted by Gasteiger charge is 2.33. The lowest BCUT2D eigenvalue weighted by Gasteiger charge is -2.33. The maximum Gasteiger partial charge on any atom is 0.243 e. The molecule has 3 rings (SSSR count). The van der Waals surface area contributed by atoms with Crippen molar-refractivity contribution in [3.63, 3.8) is 0 Å². The highest BCUT2D eigenvalue weighted by molar-refractivity contribution is 7.89. The maximum absolute atomic E-state index is 13.1. The van der Waals surface area contributed by atoms with Crippen LogP contribution in [-0.4, -0.2) is 43.2 Å². The van der Waals surface area contributed by atoms with Crippen LogP contribution in [-0.2, 0) is 21.4 Å². The summed E-state index contributed by atoms with van der Waals surface area (Å²) >= 11 is 0. The second kappa shape index (κ2) is 9.55. The Kier molecular flexibility index (Phi) is 7.09. The third-order valence-electron chi connectivity index (χ3n) is 5.48. The molecule has 6 heteroatoms. The van der Waals surface area contributed by atoms with E-state index >= 15 is 0 Å². The zero-order chi connectivity index (χ0) is 20.9. The molecule has 5 nitrogen and oxygen atoms in total. The molecule has 1 saturated heterocycles. The van der Waals surface area contributed by atoms with E-state index in [1.807, 2.05) is 54.3 Å². The maximum atomic E-state index is 13.1. The van der Waals surface area contributed by atoms with E-state index in [1.165, 1.54) is 4.31 Å². The standard InChI is InChI=1S/C23H30N2O3S/c1-3-15-24(18-20-7-5-4-6-8-20)23(26)21-13-16-25(17-14-21)29(27,28)22-11-9-19(2)10-12-22/h4-12,21H,3,13-18H2,1-2H3. The van der Waals surface area contributed by atoms with Crippen molar-refractivity contribution in [1.29, 1.82) is 0 Å². The molecule has 0 atom stereocenters. The van der Waals surface area contributed by atoms with Gasteiger partial charge in [-0.3, -0.25) is 4.79 Å². The number of benzene rings is 2. The van der Waals surface area contributed by atoms with Gasteiger partial charge in [0.1, 0.15) is 0 Å². The van der Waals surface area contributed by atoms with Crippen LogP contribution >= 0.6 is 0 Å². The molecule has 1 aliphatic rings. The van der Waals surface area contributed by atoms with Gasteiger partial charge in [0.05, 0.1) is 4.90 Å². The number of sulfonamides is 1. The molecule has 0 spiro atoms. The van der Waals surface area contributed by atoms with Gasteiger partial charge in [-0.2, -0.15) is 4.31 Å². The van der Waals surface area contributed by atoms with Crippen LogP contribution in [0.3, 0.4) is 0 Å². The van der Waals surface area contributed by atoms with Crippen molar-refractivity contribution >= 4 is 15.9 Å². The predicted octanol–water partition coefficient (Wildman–Crippen LogP) is 3.83. The SMILES string of the molecule is CCCN(Cc1ccccc1)C(=O)C1CCN(S(=O)(=O)c2ccc(C)cc2)CC1. The summed E-state index contributed by atoms with van der Waals surface area (Å²) in [6, 6.07) is 17.0. The Morgan fingerprint density at radius 3 is 2.24 bits per heavy atom. The Morgan fingerprint density at radius 2 is 1.66 bits per heavy atom. The molecule has 2 aromatic carbocycles. The highest BCUT2D eigenvalue weighted by Crippen LogP contribution is 2.26. The first-order valence-electron chi connectivity index (χ1n) is 10.3. The van der Waals surface area contributed by atoms with Gasteiger partial charge in [-0.05, 0) is 43.9 Å². The molecule has 1 heterocycles. The molecule has 2 aromatic rings. The summed E-state index contributed by atoms with van der Waals surface area (Å²) in [7, 11) is -3.50. The average Bonchev–Trinajstić information content (AvgIpc) is 2.74. The van der Waals surface area contributed by atoms with Crippen molar-refractivity contribution in [2.45, 2.75) is 44.6 Å². The van der Waals surface area contributed by atoms with E-state index in [4.69, 9.17) is 0 Å². The first-order chi connectivity index (χ1) is 13.9. The number of carbonyl (C=O) groups excluding carboxylic acids is 1. The molecule has 0 unspecified atom stereocenters. The van der Waals surface area contributed by atoms with Crippen molar-refractivity contribution in [2.75, 3.05) is 19.6 Å². The number of aryl methyl sites for hydroxylation is 1. The lowest BCUT2D eigenvalue weighted by molar-refractivity contribution is -0.137. The van der Waals surface area contributed by atoms with Crippen LogP contribution in [0.25, 0.3) is 0 Å². The molecule has 0 radical (unpaired) electrons. The summed E-state index contributed by atoms with van der Waals surface area (Å²) in [6.45, 7) is 6.11. The fraction of sp³-hybridized carbons (Fsp3) is 0.435. The lowest BCUT2D eigenvalue weighted by Crippen LogP contribution is -2.44. The number of rotatable bonds is 7. The van der Waals surface area contributed by atoms with Gasteiger partial charge in [-0.15, -0.1) is 0 Å². The Hall–Kier alpha value is -2.18. The van der Waals surface area contributed by atoms with Crippen LogP contribution in [0.15, 0.2) is 59.5 Å². The van der Waals surface area contributed by atoms with Crippen LogP contribution in [0.1, 0.15) is 37.3 Å². The van der Waals surface area contributed by atoms with Gasteiger partial charge in [-0.1, -0.05) is 55.0 Å². The van der Waals surface area contributed by atoms with E-state index in [2.05, 4.69) is 6.92 Å². The number of nitrogens with zero attached hydrogens (tertiary/aromatic N) is 2. The van der Waals surface area contributed by atoms with Gasteiger partial charge in [0.15, 0.2) is 0 Å². The number of hydrogen-bond donors (Lipinski definition) is 0. The predicted molar refractivity (Wildman–Crippen MR) is 115 cm³/mol. The molecule has 0 aliphatic carbocycles. The Morgan fingerprint density at radius 1 is 1.03 bits per heavy atom. The van der Waals surface area contributed by atoms with Crippen molar-refractivity contribution in [2.24, 2.45) is 5.92 Å². The fourth-order valence-electron chi connectivity index (χ4n) is 3.80. The number of piperidine rings is 1. The zero-order valence-electron chi connectivity index (χ0n) is 17.3. The second-order valence-corrected chi connectivity index (χ2v) is 9.67. The van der Waals surface area contributed by atoms with E-state index in [1.54, 1.807) is 12.1 Å². The van der Waals surface area contributed by atoms with Gasteiger partial charge in [0, 0.05) is 32.1 Å². The molecular weight excluding hydrogens is 384 g/mol. The first kappa shape index (κ1) is 21.5. The van der Waals surface area contributed by atoms with Gasteiger partial charge in [0.25, 0.3) is 0 Å². The zero-order valence-corrected chi connectivity index (χ0v) is 18.1. The molecule has 1 fully saturated rings. The van der Waals surface area contributed by atoms with Gasteiger partial charge in [0.2, 0.25) is 15.9 Å². The van der Waals surface area contributed by atoms with Crippen molar-refractivity contribution in [3.8, 4) is 0 Å². The van der Waals surface area contributed by atoms with Gasteiger partial charge < -0.3 is 4.90 Å². The quantitative estimate of drug-likeness (QED) is 0.692. The molecule has 29 heavy (non-hydrogen) atoms. The fourth-order valence-corrected chi connectivity index (χ4v) is 5.27. The molecule has 0 aromatic heterocycles. The number of carbonyl (C=O) groups is 1. The van der Waals surface area contributed by atoms with Crippen molar-refractivity contribution in [1.82, 2.24) is 9.21 Å². The topological polar surface area (TPSA) is 57.7 Å². The largest absolute Gasteiger partial charge is 0.338 e. The van der Waals surface area contributed by atoms with E-state index in [9.17, 15) is 13.2 Å². The minimum absolute atomic E-state index is 0.116. The summed E-state index contributed by atoms with van der Waals surface area (Å²) in [6.07, 6.45) is 2.04. The molecule has 0 N–H and O–H groups in total. The molecule has 156 valence electrons. The summed E-state index contributed by atoms with van der Waals surface area (Å²) in [5, 5.41) is 0. The molecule has 0 bridgehead atoms. The molecule has 0 saturated carbocycles. The molecule has 1 aliphatic heterocycles. The van der Waals surface area contributed by atoms with Crippen LogP contribution in [0, 0.1) is 12.8 Å². The van der Waals surface area contributed by atoms with E-state index < -0.39 is 10.0 Å². The minimum Gasteiger partial charge on any atom is -0.338 e. The monoisotopic (exact) mass is 414 g/mol. The minimum atomic E-state index is -3.50. The van der Waals surface area contributed by atoms with Crippen LogP contribution < -0.4 is 0 Å². The Labute approximate surface area is 174 Å². The molecular formula is C23H30N2O3S. The second-order valence-electron chi connectivity index (χ2n) is 7.74. The van der Waals surface area contributed by atoms with Gasteiger partial charge in [-0.25, -0.2) is 8.42 Å². The van der Waals surface area contributed by atoms with E-state index in [0.717, 1.165) is 24.1 Å². The third kappa shape index (κ3) is 5.25. The smallest absolute Gasteiger partial charge is 0.243 e. The third-order valence-corrected chi connectivity index (χ3v) is 7.40. The first-order valence-corrected chi connectivity index (χ1v) is 11.8. The Balaban J connectivity index is 1.64. The van der Waals surface area contributed by atoms with Crippen molar-refractivity contribution < 1.29 is 13.2 Å². The summed E-state index contributed by atoms with van der Waals surface area (Å²) < 4.78 is 27.3. The summed E-state index contributed by atoms with van der Waals surface area (Å²) in [5.74, 6) is 0.0258. The number of amides is 1. The van der Waals surface area contributed by atoms with E-state index in [0.29, 0.717) is 37.4 Å². The lowest BCUT2D eigenvalue weighted by atomic mass is 9.96. The highest BCUT2D eigenvalue weighted by atomic mass is 32.2. The average molecular weight is 415 g/mol. The molecule has 1 amide bonds. The normalized spacial score (nSPS) is 15.9. The van der Waals surface area contributed by atoms with Crippen LogP contribution in [0.2, 0.25) is 0 Å². The number of hydrogen-bond acceptors (Lipinski definition) is 3.